The van der Waals surface area contributed by atoms with Crippen LogP contribution in [0.15, 0.2) is 102 Å². The minimum absolute atomic E-state index is 0. The van der Waals surface area contributed by atoms with Crippen molar-refractivity contribution >= 4 is 22.1 Å². The first-order chi connectivity index (χ1) is 15.8. The summed E-state index contributed by atoms with van der Waals surface area (Å²) < 4.78 is 5.94. The molecule has 0 amide bonds. The quantitative estimate of drug-likeness (QED) is 0.206. The molecule has 0 aliphatic heterocycles. The summed E-state index contributed by atoms with van der Waals surface area (Å²) in [6.45, 7) is 1.96. The van der Waals surface area contributed by atoms with Gasteiger partial charge in [-0.05, 0) is 42.6 Å². The van der Waals surface area contributed by atoms with Gasteiger partial charge in [0.15, 0.2) is 0 Å². The predicted octanol–water partition coefficient (Wildman–Crippen LogP) is 6.70. The maximum atomic E-state index is 5.94. The molecule has 0 saturated heterocycles. The Morgan fingerprint density at radius 2 is 1.45 bits per heavy atom. The van der Waals surface area contributed by atoms with E-state index in [1.807, 2.05) is 91.9 Å². The van der Waals surface area contributed by atoms with Gasteiger partial charge >= 0.3 is 0 Å². The molecule has 33 heavy (non-hydrogen) atoms. The van der Waals surface area contributed by atoms with Crippen molar-refractivity contribution in [1.29, 1.82) is 0 Å². The number of hydrogen-bond donors (Lipinski definition) is 0. The number of aryl methyl sites for hydroxylation is 1. The Kier molecular flexibility index (Phi) is 7.04. The molecule has 5 heteroatoms. The SMILES string of the molecule is Cc1ccc2c(n1)oc1c(-c3ccccn3)[c-]ccc12.[Ir].[c-]1ccccc1-c1ccccn1. The Hall–Kier alpha value is -3.66. The van der Waals surface area contributed by atoms with Crippen molar-refractivity contribution in [3.8, 4) is 22.5 Å². The molecule has 0 unspecified atom stereocenters. The number of furan rings is 1. The zero-order valence-electron chi connectivity index (χ0n) is 17.8. The molecule has 0 spiro atoms. The topological polar surface area (TPSA) is 51.8 Å². The largest absolute Gasteiger partial charge is 0.486 e. The zero-order valence-corrected chi connectivity index (χ0v) is 20.2. The van der Waals surface area contributed by atoms with E-state index in [9.17, 15) is 0 Å². The normalized spacial score (nSPS) is 10.3. The summed E-state index contributed by atoms with van der Waals surface area (Å²) >= 11 is 0. The van der Waals surface area contributed by atoms with Crippen molar-refractivity contribution in [2.75, 3.05) is 0 Å². The van der Waals surface area contributed by atoms with Crippen molar-refractivity contribution < 1.29 is 24.5 Å². The maximum Gasteiger partial charge on any atom is 0.216 e. The molecule has 2 aromatic carbocycles. The second-order valence-corrected chi connectivity index (χ2v) is 7.21. The fourth-order valence-electron chi connectivity index (χ4n) is 3.49. The average molecular weight is 606 g/mol. The van der Waals surface area contributed by atoms with Gasteiger partial charge in [0.05, 0.1) is 5.58 Å². The van der Waals surface area contributed by atoms with E-state index in [2.05, 4.69) is 27.1 Å². The van der Waals surface area contributed by atoms with Gasteiger partial charge in [-0.1, -0.05) is 35.2 Å². The van der Waals surface area contributed by atoms with Crippen molar-refractivity contribution in [3.63, 3.8) is 0 Å². The van der Waals surface area contributed by atoms with Gasteiger partial charge in [0.2, 0.25) is 5.71 Å². The summed E-state index contributed by atoms with van der Waals surface area (Å²) in [7, 11) is 0. The summed E-state index contributed by atoms with van der Waals surface area (Å²) in [6.07, 6.45) is 3.56. The third kappa shape index (κ3) is 4.90. The minimum Gasteiger partial charge on any atom is -0.486 e. The molecule has 0 bridgehead atoms. The van der Waals surface area contributed by atoms with Crippen molar-refractivity contribution in [1.82, 2.24) is 15.0 Å². The second kappa shape index (κ2) is 10.3. The Bertz CT molecular complexity index is 1430. The van der Waals surface area contributed by atoms with Crippen LogP contribution in [-0.2, 0) is 20.1 Å². The van der Waals surface area contributed by atoms with E-state index in [0.29, 0.717) is 5.71 Å². The number of hydrogen-bond acceptors (Lipinski definition) is 4. The van der Waals surface area contributed by atoms with E-state index in [0.717, 1.165) is 44.6 Å². The van der Waals surface area contributed by atoms with Crippen molar-refractivity contribution in [2.24, 2.45) is 0 Å². The Morgan fingerprint density at radius 1 is 0.697 bits per heavy atom. The van der Waals surface area contributed by atoms with Crippen LogP contribution in [0, 0.1) is 19.1 Å². The van der Waals surface area contributed by atoms with Crippen LogP contribution >= 0.6 is 0 Å². The minimum atomic E-state index is 0. The Balaban J connectivity index is 0.000000172. The second-order valence-electron chi connectivity index (χ2n) is 7.21. The number of nitrogens with zero attached hydrogens (tertiary/aromatic N) is 3. The smallest absolute Gasteiger partial charge is 0.216 e. The van der Waals surface area contributed by atoms with E-state index >= 15 is 0 Å². The van der Waals surface area contributed by atoms with E-state index in [1.54, 1.807) is 12.4 Å². The van der Waals surface area contributed by atoms with Crippen molar-refractivity contribution in [2.45, 2.75) is 6.92 Å². The van der Waals surface area contributed by atoms with Crippen molar-refractivity contribution in [3.05, 3.63) is 115 Å². The van der Waals surface area contributed by atoms with Crippen LogP contribution in [0.25, 0.3) is 44.6 Å². The molecule has 0 atom stereocenters. The standard InChI is InChI=1S/C17H11N2O.C11H8N.Ir/c1-11-8-9-13-12-5-4-6-14(15-7-2-3-10-18-15)16(12)20-17(13)19-11;1-2-6-10(7-3-1)11-8-4-5-9-12-11;/h2-5,7-10H,1H3;1-6,8-9H;/q2*-1;. The van der Waals surface area contributed by atoms with Gasteiger partial charge in [0.25, 0.3) is 0 Å². The molecule has 1 radical (unpaired) electrons. The Labute approximate surface area is 205 Å². The molecule has 163 valence electrons. The maximum absolute atomic E-state index is 5.94. The number of fused-ring (bicyclic) bond motifs is 3. The predicted molar refractivity (Wildman–Crippen MR) is 127 cm³/mol. The molecular formula is C28H19IrN3O-2. The van der Waals surface area contributed by atoms with Crippen LogP contribution in [0.3, 0.4) is 0 Å². The van der Waals surface area contributed by atoms with Gasteiger partial charge in [-0.15, -0.1) is 54.1 Å². The molecule has 4 heterocycles. The van der Waals surface area contributed by atoms with E-state index in [-0.39, 0.29) is 20.1 Å². The summed E-state index contributed by atoms with van der Waals surface area (Å²) in [6, 6.07) is 33.8. The van der Waals surface area contributed by atoms with Crippen LogP contribution < -0.4 is 0 Å². The molecular weight excluding hydrogens is 587 g/mol. The van der Waals surface area contributed by atoms with Crippen LogP contribution in [0.5, 0.6) is 0 Å². The fraction of sp³-hybridized carbons (Fsp3) is 0.0357. The average Bonchev–Trinajstić information content (AvgIpc) is 3.24. The summed E-state index contributed by atoms with van der Waals surface area (Å²) in [5, 5.41) is 2.07. The number of benzene rings is 2. The van der Waals surface area contributed by atoms with Crippen LogP contribution in [0.1, 0.15) is 5.69 Å². The summed E-state index contributed by atoms with van der Waals surface area (Å²) in [5.74, 6) is 0. The first kappa shape index (κ1) is 22.5. The summed E-state index contributed by atoms with van der Waals surface area (Å²) in [4.78, 5) is 13.0. The molecule has 0 saturated carbocycles. The van der Waals surface area contributed by atoms with Gasteiger partial charge in [-0.25, -0.2) is 4.98 Å². The van der Waals surface area contributed by atoms with Gasteiger partial charge in [0.1, 0.15) is 0 Å². The van der Waals surface area contributed by atoms with E-state index in [4.69, 9.17) is 4.42 Å². The molecule has 4 aromatic heterocycles. The molecule has 6 aromatic rings. The van der Waals surface area contributed by atoms with Gasteiger partial charge < -0.3 is 14.4 Å². The van der Waals surface area contributed by atoms with Gasteiger partial charge in [-0.2, -0.15) is 0 Å². The molecule has 0 fully saturated rings. The molecule has 0 aliphatic carbocycles. The third-order valence-electron chi connectivity index (χ3n) is 5.01. The van der Waals surface area contributed by atoms with Crippen LogP contribution in [0.2, 0.25) is 0 Å². The number of pyridine rings is 3. The molecule has 0 aliphatic rings. The van der Waals surface area contributed by atoms with Crippen LogP contribution in [-0.4, -0.2) is 15.0 Å². The fourth-order valence-corrected chi connectivity index (χ4v) is 3.49. The summed E-state index contributed by atoms with van der Waals surface area (Å²) in [5.41, 5.74) is 6.14. The molecule has 4 nitrogen and oxygen atoms in total. The molecule has 6 rings (SSSR count). The zero-order chi connectivity index (χ0) is 21.8. The Morgan fingerprint density at radius 3 is 2.15 bits per heavy atom. The third-order valence-corrected chi connectivity index (χ3v) is 5.01. The first-order valence-electron chi connectivity index (χ1n) is 10.3. The molecule has 0 N–H and O–H groups in total. The van der Waals surface area contributed by atoms with E-state index in [1.165, 1.54) is 0 Å². The van der Waals surface area contributed by atoms with Crippen LogP contribution in [0.4, 0.5) is 0 Å². The number of aromatic nitrogens is 3. The monoisotopic (exact) mass is 606 g/mol. The first-order valence-corrected chi connectivity index (χ1v) is 10.3. The van der Waals surface area contributed by atoms with Gasteiger partial charge in [-0.3, -0.25) is 0 Å². The van der Waals surface area contributed by atoms with E-state index < -0.39 is 0 Å². The number of rotatable bonds is 2. The van der Waals surface area contributed by atoms with Gasteiger partial charge in [0, 0.05) is 43.6 Å².